The monoisotopic (exact) mass is 176 g/mol. The molecule has 0 radical (unpaired) electrons. The van der Waals surface area contributed by atoms with Gasteiger partial charge in [-0.1, -0.05) is 5.16 Å². The molecule has 0 N–H and O–H groups in total. The fraction of sp³-hybridized carbons (Fsp3) is 0.667. The first kappa shape index (κ1) is 8.49. The Morgan fingerprint density at radius 1 is 1.73 bits per heavy atom. The summed E-state index contributed by atoms with van der Waals surface area (Å²) >= 11 is 5.69. The largest absolute Gasteiger partial charge is 0.375 e. The van der Waals surface area contributed by atoms with Gasteiger partial charge in [0.2, 0.25) is 0 Å². The van der Waals surface area contributed by atoms with Crippen molar-refractivity contribution in [3.05, 3.63) is 11.7 Å². The summed E-state index contributed by atoms with van der Waals surface area (Å²) in [6.45, 7) is 2.11. The van der Waals surface area contributed by atoms with Crippen LogP contribution in [0.15, 0.2) is 4.52 Å². The SMILES string of the molecule is COCc1nc(C(C)Cl)no1. The third-order valence-electron chi connectivity index (χ3n) is 1.11. The van der Waals surface area contributed by atoms with Gasteiger partial charge in [-0.25, -0.2) is 0 Å². The lowest BCUT2D eigenvalue weighted by Gasteiger charge is -1.89. The van der Waals surface area contributed by atoms with E-state index in [2.05, 4.69) is 10.1 Å². The molecule has 0 fully saturated rings. The van der Waals surface area contributed by atoms with Crippen LogP contribution in [0.25, 0.3) is 0 Å². The maximum atomic E-state index is 5.69. The molecule has 0 spiro atoms. The Labute approximate surface area is 69.5 Å². The molecule has 0 saturated carbocycles. The van der Waals surface area contributed by atoms with E-state index in [4.69, 9.17) is 20.9 Å². The summed E-state index contributed by atoms with van der Waals surface area (Å²) in [6, 6.07) is 0. The molecule has 1 rings (SSSR count). The average molecular weight is 177 g/mol. The highest BCUT2D eigenvalue weighted by Gasteiger charge is 2.09. The van der Waals surface area contributed by atoms with Gasteiger partial charge >= 0.3 is 0 Å². The standard InChI is InChI=1S/C6H9ClN2O2/c1-4(7)6-8-5(3-10-2)11-9-6/h4H,3H2,1-2H3. The van der Waals surface area contributed by atoms with Crippen LogP contribution in [0.2, 0.25) is 0 Å². The Balaban J connectivity index is 2.66. The summed E-state index contributed by atoms with van der Waals surface area (Å²) in [5, 5.41) is 3.42. The van der Waals surface area contributed by atoms with Crippen LogP contribution in [0.5, 0.6) is 0 Å². The van der Waals surface area contributed by atoms with E-state index in [0.29, 0.717) is 18.3 Å². The fourth-order valence-electron chi connectivity index (χ4n) is 0.612. The van der Waals surface area contributed by atoms with E-state index in [0.717, 1.165) is 0 Å². The second kappa shape index (κ2) is 3.69. The number of hydrogen-bond acceptors (Lipinski definition) is 4. The first-order chi connectivity index (χ1) is 5.24. The molecule has 0 bridgehead atoms. The predicted molar refractivity (Wildman–Crippen MR) is 39.3 cm³/mol. The van der Waals surface area contributed by atoms with Crippen LogP contribution in [-0.2, 0) is 11.3 Å². The Bertz CT molecular complexity index is 224. The highest BCUT2D eigenvalue weighted by atomic mass is 35.5. The first-order valence-electron chi connectivity index (χ1n) is 3.19. The van der Waals surface area contributed by atoms with E-state index in [-0.39, 0.29) is 5.38 Å². The summed E-state index contributed by atoms with van der Waals surface area (Å²) in [7, 11) is 1.56. The van der Waals surface area contributed by atoms with Crippen molar-refractivity contribution >= 4 is 11.6 Å². The van der Waals surface area contributed by atoms with Crippen molar-refractivity contribution in [3.8, 4) is 0 Å². The molecule has 0 amide bonds. The van der Waals surface area contributed by atoms with Gasteiger partial charge in [0, 0.05) is 7.11 Å². The smallest absolute Gasteiger partial charge is 0.252 e. The lowest BCUT2D eigenvalue weighted by molar-refractivity contribution is 0.151. The van der Waals surface area contributed by atoms with Crippen LogP contribution >= 0.6 is 11.6 Å². The summed E-state index contributed by atoms with van der Waals surface area (Å²) < 4.78 is 9.58. The van der Waals surface area contributed by atoms with Crippen LogP contribution in [0.1, 0.15) is 24.0 Å². The molecule has 0 aromatic carbocycles. The molecule has 0 aliphatic rings. The zero-order valence-electron chi connectivity index (χ0n) is 6.37. The maximum absolute atomic E-state index is 5.69. The normalized spacial score (nSPS) is 13.4. The third-order valence-corrected chi connectivity index (χ3v) is 1.30. The van der Waals surface area contributed by atoms with Crippen LogP contribution in [0.3, 0.4) is 0 Å². The highest BCUT2D eigenvalue weighted by Crippen LogP contribution is 2.15. The van der Waals surface area contributed by atoms with Gasteiger partial charge in [0.1, 0.15) is 6.61 Å². The number of halogens is 1. The van der Waals surface area contributed by atoms with Crippen LogP contribution in [-0.4, -0.2) is 17.3 Å². The summed E-state index contributed by atoms with van der Waals surface area (Å²) in [6.07, 6.45) is 0. The zero-order chi connectivity index (χ0) is 8.27. The fourth-order valence-corrected chi connectivity index (χ4v) is 0.700. The Kier molecular flexibility index (Phi) is 2.84. The van der Waals surface area contributed by atoms with E-state index < -0.39 is 0 Å². The topological polar surface area (TPSA) is 48.2 Å². The van der Waals surface area contributed by atoms with Crippen molar-refractivity contribution in [2.75, 3.05) is 7.11 Å². The molecule has 1 atom stereocenters. The molecule has 0 aliphatic heterocycles. The van der Waals surface area contributed by atoms with E-state index in [1.165, 1.54) is 0 Å². The summed E-state index contributed by atoms with van der Waals surface area (Å²) in [5.74, 6) is 0.953. The quantitative estimate of drug-likeness (QED) is 0.656. The van der Waals surface area contributed by atoms with E-state index in [9.17, 15) is 0 Å². The van der Waals surface area contributed by atoms with Crippen molar-refractivity contribution in [2.45, 2.75) is 18.9 Å². The van der Waals surface area contributed by atoms with Gasteiger partial charge in [-0.15, -0.1) is 11.6 Å². The summed E-state index contributed by atoms with van der Waals surface area (Å²) in [5.41, 5.74) is 0. The molecule has 4 nitrogen and oxygen atoms in total. The maximum Gasteiger partial charge on any atom is 0.252 e. The second-order valence-corrected chi connectivity index (χ2v) is 2.75. The molecule has 62 valence electrons. The zero-order valence-corrected chi connectivity index (χ0v) is 7.13. The molecule has 1 unspecified atom stereocenters. The molecular weight excluding hydrogens is 168 g/mol. The van der Waals surface area contributed by atoms with Gasteiger partial charge < -0.3 is 9.26 Å². The van der Waals surface area contributed by atoms with Crippen molar-refractivity contribution in [1.29, 1.82) is 0 Å². The van der Waals surface area contributed by atoms with Gasteiger partial charge in [0.25, 0.3) is 5.89 Å². The number of nitrogens with zero attached hydrogens (tertiary/aromatic N) is 2. The van der Waals surface area contributed by atoms with Gasteiger partial charge in [0.05, 0.1) is 5.38 Å². The van der Waals surface area contributed by atoms with Crippen molar-refractivity contribution in [3.63, 3.8) is 0 Å². The van der Waals surface area contributed by atoms with Gasteiger partial charge in [-0.3, -0.25) is 0 Å². The van der Waals surface area contributed by atoms with Gasteiger partial charge in [0.15, 0.2) is 5.82 Å². The number of ether oxygens (including phenoxy) is 1. The molecule has 0 aliphatic carbocycles. The van der Waals surface area contributed by atoms with Gasteiger partial charge in [-0.2, -0.15) is 4.98 Å². The van der Waals surface area contributed by atoms with E-state index >= 15 is 0 Å². The van der Waals surface area contributed by atoms with E-state index in [1.54, 1.807) is 14.0 Å². The first-order valence-corrected chi connectivity index (χ1v) is 3.63. The molecule has 11 heavy (non-hydrogen) atoms. The number of alkyl halides is 1. The Morgan fingerprint density at radius 3 is 2.91 bits per heavy atom. The number of hydrogen-bond donors (Lipinski definition) is 0. The molecular formula is C6H9ClN2O2. The lowest BCUT2D eigenvalue weighted by Crippen LogP contribution is -1.89. The number of aromatic nitrogens is 2. The minimum Gasteiger partial charge on any atom is -0.375 e. The van der Waals surface area contributed by atoms with Crippen molar-refractivity contribution in [1.82, 2.24) is 10.1 Å². The predicted octanol–water partition coefficient (Wildman–Crippen LogP) is 1.52. The Morgan fingerprint density at radius 2 is 2.45 bits per heavy atom. The van der Waals surface area contributed by atoms with Crippen LogP contribution < -0.4 is 0 Å². The minimum atomic E-state index is -0.218. The Hall–Kier alpha value is -0.610. The van der Waals surface area contributed by atoms with Crippen LogP contribution in [0, 0.1) is 0 Å². The van der Waals surface area contributed by atoms with Crippen molar-refractivity contribution < 1.29 is 9.26 Å². The molecule has 1 heterocycles. The lowest BCUT2D eigenvalue weighted by atomic mass is 10.4. The molecule has 1 aromatic heterocycles. The molecule has 0 saturated heterocycles. The average Bonchev–Trinajstić information content (AvgIpc) is 2.37. The van der Waals surface area contributed by atoms with E-state index in [1.807, 2.05) is 0 Å². The third kappa shape index (κ3) is 2.17. The number of rotatable bonds is 3. The molecule has 1 aromatic rings. The second-order valence-electron chi connectivity index (χ2n) is 2.10. The molecule has 5 heteroatoms. The van der Waals surface area contributed by atoms with Crippen LogP contribution in [0.4, 0.5) is 0 Å². The summed E-state index contributed by atoms with van der Waals surface area (Å²) in [4.78, 5) is 3.96. The van der Waals surface area contributed by atoms with Gasteiger partial charge in [-0.05, 0) is 6.92 Å². The minimum absolute atomic E-state index is 0.218. The van der Waals surface area contributed by atoms with Crippen molar-refractivity contribution in [2.24, 2.45) is 0 Å². The highest BCUT2D eigenvalue weighted by molar-refractivity contribution is 6.20. The number of methoxy groups -OCH3 is 1.